The molecule has 0 bridgehead atoms. The lowest BCUT2D eigenvalue weighted by Gasteiger charge is -2.30. The van der Waals surface area contributed by atoms with Crippen molar-refractivity contribution in [3.63, 3.8) is 0 Å². The van der Waals surface area contributed by atoms with Crippen molar-refractivity contribution in [3.8, 4) is 0 Å². The van der Waals surface area contributed by atoms with Crippen LogP contribution in [0.1, 0.15) is 24.1 Å². The summed E-state index contributed by atoms with van der Waals surface area (Å²) in [6.45, 7) is 3.05. The molecular formula is C15H21ClN4O2. The van der Waals surface area contributed by atoms with Crippen molar-refractivity contribution in [2.24, 2.45) is 13.0 Å². The van der Waals surface area contributed by atoms with Crippen LogP contribution >= 0.6 is 11.6 Å². The van der Waals surface area contributed by atoms with Crippen molar-refractivity contribution in [2.45, 2.75) is 19.8 Å². The van der Waals surface area contributed by atoms with Crippen LogP contribution in [0.2, 0.25) is 5.15 Å². The van der Waals surface area contributed by atoms with E-state index >= 15 is 0 Å². The van der Waals surface area contributed by atoms with Gasteiger partial charge in [-0.15, -0.1) is 0 Å². The van der Waals surface area contributed by atoms with Crippen LogP contribution < -0.4 is 5.32 Å². The molecule has 0 saturated carbocycles. The predicted molar refractivity (Wildman–Crippen MR) is 85.4 cm³/mol. The molecule has 1 aromatic rings. The number of hydrogen-bond acceptors (Lipinski definition) is 3. The molecule has 0 radical (unpaired) electrons. The molecule has 0 aromatic carbocycles. The summed E-state index contributed by atoms with van der Waals surface area (Å²) in [6.07, 6.45) is 4.63. The Morgan fingerprint density at radius 1 is 1.36 bits per heavy atom. The Hall–Kier alpha value is -1.82. The second-order valence-corrected chi connectivity index (χ2v) is 5.82. The third-order valence-electron chi connectivity index (χ3n) is 4.01. The first-order valence-corrected chi connectivity index (χ1v) is 7.69. The molecule has 0 atom stereocenters. The van der Waals surface area contributed by atoms with Crippen molar-refractivity contribution in [1.29, 1.82) is 0 Å². The Balaban J connectivity index is 1.96. The highest BCUT2D eigenvalue weighted by atomic mass is 35.5. The van der Waals surface area contributed by atoms with E-state index in [1.807, 2.05) is 6.92 Å². The molecular weight excluding hydrogens is 304 g/mol. The largest absolute Gasteiger partial charge is 0.359 e. The maximum atomic E-state index is 12.2. The summed E-state index contributed by atoms with van der Waals surface area (Å²) in [7, 11) is 3.40. The van der Waals surface area contributed by atoms with Crippen LogP contribution in [0, 0.1) is 12.8 Å². The lowest BCUT2D eigenvalue weighted by Crippen LogP contribution is -2.41. The average molecular weight is 325 g/mol. The van der Waals surface area contributed by atoms with Crippen LogP contribution in [0.15, 0.2) is 6.08 Å². The third kappa shape index (κ3) is 3.50. The lowest BCUT2D eigenvalue weighted by molar-refractivity contribution is -0.131. The van der Waals surface area contributed by atoms with E-state index in [0.717, 1.165) is 11.3 Å². The quantitative estimate of drug-likeness (QED) is 0.854. The zero-order valence-electron chi connectivity index (χ0n) is 13.1. The molecule has 22 heavy (non-hydrogen) atoms. The number of piperidine rings is 1. The molecule has 1 aromatic heterocycles. The normalized spacial score (nSPS) is 16.3. The van der Waals surface area contributed by atoms with Gasteiger partial charge in [-0.3, -0.25) is 14.3 Å². The molecule has 1 fully saturated rings. The fourth-order valence-corrected chi connectivity index (χ4v) is 2.90. The number of nitrogens with one attached hydrogen (secondary N) is 1. The Bertz CT molecular complexity index is 601. The molecule has 1 saturated heterocycles. The first kappa shape index (κ1) is 16.5. The van der Waals surface area contributed by atoms with Gasteiger partial charge >= 0.3 is 0 Å². The van der Waals surface area contributed by atoms with Gasteiger partial charge in [0.25, 0.3) is 0 Å². The van der Waals surface area contributed by atoms with Crippen LogP contribution in [0.4, 0.5) is 0 Å². The van der Waals surface area contributed by atoms with Crippen LogP contribution in [0.25, 0.3) is 6.08 Å². The Morgan fingerprint density at radius 3 is 2.50 bits per heavy atom. The van der Waals surface area contributed by atoms with Gasteiger partial charge in [0.2, 0.25) is 11.8 Å². The summed E-state index contributed by atoms with van der Waals surface area (Å²) < 4.78 is 1.58. The molecule has 2 heterocycles. The van der Waals surface area contributed by atoms with Crippen LogP contribution in [-0.4, -0.2) is 46.6 Å². The minimum absolute atomic E-state index is 0.00745. The fourth-order valence-electron chi connectivity index (χ4n) is 2.66. The minimum atomic E-state index is -0.0605. The number of nitrogens with zero attached hydrogens (tertiary/aromatic N) is 3. The van der Waals surface area contributed by atoms with Gasteiger partial charge in [0.1, 0.15) is 5.15 Å². The van der Waals surface area contributed by atoms with Crippen molar-refractivity contribution in [2.75, 3.05) is 20.1 Å². The number of carbonyl (C=O) groups is 2. The molecule has 1 aliphatic rings. The van der Waals surface area contributed by atoms with Crippen molar-refractivity contribution in [3.05, 3.63) is 22.5 Å². The number of amides is 2. The molecule has 1 N–H and O–H groups in total. The standard InChI is InChI=1S/C15H21ClN4O2/c1-10-12(14(16)19(3)18-10)4-5-13(21)20-8-6-11(7-9-20)15(22)17-2/h4-5,11H,6-9H2,1-3H3,(H,17,22). The highest BCUT2D eigenvalue weighted by molar-refractivity contribution is 6.31. The molecule has 0 spiro atoms. The average Bonchev–Trinajstić information content (AvgIpc) is 2.77. The topological polar surface area (TPSA) is 67.2 Å². The Kier molecular flexibility index (Phi) is 5.24. The first-order chi connectivity index (χ1) is 10.4. The number of aromatic nitrogens is 2. The zero-order chi connectivity index (χ0) is 16.3. The van der Waals surface area contributed by atoms with E-state index in [-0.39, 0.29) is 17.7 Å². The monoisotopic (exact) mass is 324 g/mol. The van der Waals surface area contributed by atoms with E-state index in [0.29, 0.717) is 31.1 Å². The first-order valence-electron chi connectivity index (χ1n) is 7.31. The highest BCUT2D eigenvalue weighted by Crippen LogP contribution is 2.21. The number of rotatable bonds is 3. The number of hydrogen-bond donors (Lipinski definition) is 1. The molecule has 1 aliphatic heterocycles. The van der Waals surface area contributed by atoms with Crippen molar-refractivity contribution >= 4 is 29.5 Å². The summed E-state index contributed by atoms with van der Waals surface area (Å²) >= 11 is 6.13. The Labute approximate surface area is 135 Å². The van der Waals surface area contributed by atoms with Crippen LogP contribution in [0.3, 0.4) is 0 Å². The van der Waals surface area contributed by atoms with E-state index in [1.54, 1.807) is 29.8 Å². The van der Waals surface area contributed by atoms with Gasteiger partial charge in [-0.1, -0.05) is 11.6 Å². The second-order valence-electron chi connectivity index (χ2n) is 5.46. The molecule has 2 rings (SSSR count). The molecule has 0 unspecified atom stereocenters. The number of carbonyl (C=O) groups excluding carboxylic acids is 2. The van der Waals surface area contributed by atoms with Gasteiger partial charge in [-0.25, -0.2) is 0 Å². The summed E-state index contributed by atoms with van der Waals surface area (Å²) in [4.78, 5) is 25.6. The van der Waals surface area contributed by atoms with Crippen LogP contribution in [0.5, 0.6) is 0 Å². The fraction of sp³-hybridized carbons (Fsp3) is 0.533. The number of aryl methyl sites for hydroxylation is 2. The third-order valence-corrected chi connectivity index (χ3v) is 4.46. The van der Waals surface area contributed by atoms with Gasteiger partial charge in [0.15, 0.2) is 0 Å². The maximum Gasteiger partial charge on any atom is 0.246 e. The SMILES string of the molecule is CNC(=O)C1CCN(C(=O)C=Cc2c(C)nn(C)c2Cl)CC1. The molecule has 7 heteroatoms. The predicted octanol–water partition coefficient (Wildman–Crippen LogP) is 1.38. The molecule has 0 aliphatic carbocycles. The van der Waals surface area contributed by atoms with E-state index < -0.39 is 0 Å². The number of halogens is 1. The van der Waals surface area contributed by atoms with E-state index in [2.05, 4.69) is 10.4 Å². The smallest absolute Gasteiger partial charge is 0.246 e. The van der Waals surface area contributed by atoms with E-state index in [4.69, 9.17) is 11.6 Å². The van der Waals surface area contributed by atoms with Crippen LogP contribution in [-0.2, 0) is 16.6 Å². The van der Waals surface area contributed by atoms with Crippen molar-refractivity contribution < 1.29 is 9.59 Å². The van der Waals surface area contributed by atoms with Gasteiger partial charge in [0.05, 0.1) is 5.69 Å². The van der Waals surface area contributed by atoms with Gasteiger partial charge in [-0.05, 0) is 25.8 Å². The van der Waals surface area contributed by atoms with E-state index in [1.165, 1.54) is 6.08 Å². The minimum Gasteiger partial charge on any atom is -0.359 e. The molecule has 120 valence electrons. The number of likely N-dealkylation sites (tertiary alicyclic amines) is 1. The van der Waals surface area contributed by atoms with E-state index in [9.17, 15) is 9.59 Å². The summed E-state index contributed by atoms with van der Waals surface area (Å²) in [6, 6.07) is 0. The Morgan fingerprint density at radius 2 is 2.00 bits per heavy atom. The molecule has 6 nitrogen and oxygen atoms in total. The van der Waals surface area contributed by atoms with Gasteiger partial charge in [0, 0.05) is 44.7 Å². The maximum absolute atomic E-state index is 12.2. The lowest BCUT2D eigenvalue weighted by atomic mass is 9.96. The molecule has 2 amide bonds. The summed E-state index contributed by atoms with van der Waals surface area (Å²) in [5, 5.41) is 7.38. The van der Waals surface area contributed by atoms with Gasteiger partial charge < -0.3 is 10.2 Å². The highest BCUT2D eigenvalue weighted by Gasteiger charge is 2.25. The summed E-state index contributed by atoms with van der Waals surface area (Å²) in [5.74, 6) is 0.00289. The second kappa shape index (κ2) is 6.96. The van der Waals surface area contributed by atoms with Gasteiger partial charge in [-0.2, -0.15) is 5.10 Å². The zero-order valence-corrected chi connectivity index (χ0v) is 13.9. The van der Waals surface area contributed by atoms with Crippen molar-refractivity contribution in [1.82, 2.24) is 20.0 Å². The summed E-state index contributed by atoms with van der Waals surface area (Å²) in [5.41, 5.74) is 1.55.